The Morgan fingerprint density at radius 2 is 2.12 bits per heavy atom. The molecule has 0 radical (unpaired) electrons. The van der Waals surface area contributed by atoms with E-state index in [-0.39, 0.29) is 0 Å². The van der Waals surface area contributed by atoms with Gasteiger partial charge in [0.1, 0.15) is 0 Å². The first kappa shape index (κ1) is 13.3. The first-order valence-electron chi connectivity index (χ1n) is 7.33. The number of nitrogens with one attached hydrogen (secondary N) is 1. The van der Waals surface area contributed by atoms with Gasteiger partial charge in [-0.3, -0.25) is 0 Å². The molecule has 3 heteroatoms. The topological polar surface area (TPSA) is 18.5 Å². The molecule has 1 saturated carbocycles. The Balaban J connectivity index is 1.80. The lowest BCUT2D eigenvalue weighted by molar-refractivity contribution is 0.184. The second-order valence-corrected chi connectivity index (χ2v) is 6.02. The van der Waals surface area contributed by atoms with Gasteiger partial charge in [0, 0.05) is 25.2 Å². The fourth-order valence-electron chi connectivity index (χ4n) is 3.69. The summed E-state index contributed by atoms with van der Waals surface area (Å²) < 4.78 is 0. The number of hydrogen-bond donors (Lipinski definition) is 1. The maximum absolute atomic E-state index is 3.66. The molecule has 1 N–H and O–H groups in total. The minimum atomic E-state index is 0.740. The van der Waals surface area contributed by atoms with E-state index >= 15 is 0 Å². The Morgan fingerprint density at radius 3 is 2.76 bits per heavy atom. The molecule has 2 aliphatic rings. The quantitative estimate of drug-likeness (QED) is 0.782. The third-order valence-corrected chi connectivity index (χ3v) is 4.55. The SMILES string of the molecule is CCNC1CCCC1N(C)CC1CCN(C)C1. The fourth-order valence-corrected chi connectivity index (χ4v) is 3.69. The van der Waals surface area contributed by atoms with E-state index in [9.17, 15) is 0 Å². The van der Waals surface area contributed by atoms with Crippen LogP contribution in [0.3, 0.4) is 0 Å². The van der Waals surface area contributed by atoms with Crippen LogP contribution in [0.4, 0.5) is 0 Å². The normalized spacial score (nSPS) is 34.9. The van der Waals surface area contributed by atoms with Gasteiger partial charge < -0.3 is 15.1 Å². The van der Waals surface area contributed by atoms with Crippen LogP contribution < -0.4 is 5.32 Å². The van der Waals surface area contributed by atoms with Crippen LogP contribution in [-0.2, 0) is 0 Å². The highest BCUT2D eigenvalue weighted by atomic mass is 15.2. The minimum Gasteiger partial charge on any atom is -0.313 e. The fraction of sp³-hybridized carbons (Fsp3) is 1.00. The number of likely N-dealkylation sites (N-methyl/N-ethyl adjacent to an activating group) is 2. The molecule has 0 amide bonds. The van der Waals surface area contributed by atoms with Crippen LogP contribution in [0, 0.1) is 5.92 Å². The van der Waals surface area contributed by atoms with Crippen molar-refractivity contribution in [2.24, 2.45) is 5.92 Å². The van der Waals surface area contributed by atoms with E-state index in [2.05, 4.69) is 36.1 Å². The molecule has 0 aromatic carbocycles. The van der Waals surface area contributed by atoms with E-state index in [1.807, 2.05) is 0 Å². The molecule has 100 valence electrons. The standard InChI is InChI=1S/C14H29N3/c1-4-15-13-6-5-7-14(13)17(3)11-12-8-9-16(2)10-12/h12-15H,4-11H2,1-3H3. The molecular weight excluding hydrogens is 210 g/mol. The number of rotatable bonds is 5. The van der Waals surface area contributed by atoms with Gasteiger partial charge in [-0.1, -0.05) is 13.3 Å². The summed E-state index contributed by atoms with van der Waals surface area (Å²) >= 11 is 0. The summed E-state index contributed by atoms with van der Waals surface area (Å²) in [6.45, 7) is 7.21. The average Bonchev–Trinajstić information content (AvgIpc) is 2.88. The third-order valence-electron chi connectivity index (χ3n) is 4.55. The molecule has 1 heterocycles. The molecule has 0 bridgehead atoms. The highest BCUT2D eigenvalue weighted by Crippen LogP contribution is 2.25. The van der Waals surface area contributed by atoms with Gasteiger partial charge in [0.15, 0.2) is 0 Å². The summed E-state index contributed by atoms with van der Waals surface area (Å²) in [5.41, 5.74) is 0. The highest BCUT2D eigenvalue weighted by Gasteiger charge is 2.31. The lowest BCUT2D eigenvalue weighted by Crippen LogP contribution is -2.46. The van der Waals surface area contributed by atoms with Gasteiger partial charge in [-0.05, 0) is 52.4 Å². The molecule has 3 atom stereocenters. The van der Waals surface area contributed by atoms with E-state index < -0.39 is 0 Å². The van der Waals surface area contributed by atoms with E-state index in [0.717, 1.165) is 24.5 Å². The van der Waals surface area contributed by atoms with Crippen molar-refractivity contribution >= 4 is 0 Å². The van der Waals surface area contributed by atoms with Crippen LogP contribution in [0.5, 0.6) is 0 Å². The number of nitrogens with zero attached hydrogens (tertiary/aromatic N) is 2. The molecule has 1 aliphatic carbocycles. The largest absolute Gasteiger partial charge is 0.313 e. The molecule has 3 nitrogen and oxygen atoms in total. The van der Waals surface area contributed by atoms with Gasteiger partial charge >= 0.3 is 0 Å². The van der Waals surface area contributed by atoms with Crippen LogP contribution >= 0.6 is 0 Å². The van der Waals surface area contributed by atoms with Crippen molar-refractivity contribution in [3.8, 4) is 0 Å². The maximum atomic E-state index is 3.66. The molecule has 2 fully saturated rings. The van der Waals surface area contributed by atoms with Crippen molar-refractivity contribution in [3.63, 3.8) is 0 Å². The zero-order valence-corrected chi connectivity index (χ0v) is 11.8. The predicted molar refractivity (Wildman–Crippen MR) is 73.3 cm³/mol. The van der Waals surface area contributed by atoms with Crippen LogP contribution in [-0.4, -0.2) is 62.2 Å². The molecule has 17 heavy (non-hydrogen) atoms. The zero-order chi connectivity index (χ0) is 12.3. The summed E-state index contributed by atoms with van der Waals surface area (Å²) in [5, 5.41) is 3.66. The van der Waals surface area contributed by atoms with E-state index in [1.165, 1.54) is 45.3 Å². The Morgan fingerprint density at radius 1 is 1.29 bits per heavy atom. The van der Waals surface area contributed by atoms with Crippen molar-refractivity contribution in [2.75, 3.05) is 40.3 Å². The smallest absolute Gasteiger partial charge is 0.0246 e. The van der Waals surface area contributed by atoms with Crippen molar-refractivity contribution < 1.29 is 0 Å². The van der Waals surface area contributed by atoms with Crippen LogP contribution in [0.15, 0.2) is 0 Å². The van der Waals surface area contributed by atoms with Gasteiger partial charge in [-0.15, -0.1) is 0 Å². The minimum absolute atomic E-state index is 0.740. The zero-order valence-electron chi connectivity index (χ0n) is 11.8. The molecule has 0 aromatic heterocycles. The van der Waals surface area contributed by atoms with Crippen molar-refractivity contribution in [1.29, 1.82) is 0 Å². The summed E-state index contributed by atoms with van der Waals surface area (Å²) in [4.78, 5) is 5.10. The van der Waals surface area contributed by atoms with E-state index in [0.29, 0.717) is 0 Å². The number of hydrogen-bond acceptors (Lipinski definition) is 3. The molecule has 0 aromatic rings. The van der Waals surface area contributed by atoms with Gasteiger partial charge in [0.25, 0.3) is 0 Å². The molecule has 0 spiro atoms. The average molecular weight is 239 g/mol. The second kappa shape index (κ2) is 6.17. The number of likely N-dealkylation sites (tertiary alicyclic amines) is 1. The Bertz CT molecular complexity index is 232. The molecule has 3 unspecified atom stereocenters. The monoisotopic (exact) mass is 239 g/mol. The van der Waals surface area contributed by atoms with Crippen molar-refractivity contribution in [1.82, 2.24) is 15.1 Å². The summed E-state index contributed by atoms with van der Waals surface area (Å²) in [7, 11) is 4.58. The van der Waals surface area contributed by atoms with Gasteiger partial charge in [0.2, 0.25) is 0 Å². The summed E-state index contributed by atoms with van der Waals surface area (Å²) in [5.74, 6) is 0.896. The van der Waals surface area contributed by atoms with Crippen molar-refractivity contribution in [2.45, 2.75) is 44.7 Å². The summed E-state index contributed by atoms with van der Waals surface area (Å²) in [6, 6.07) is 1.52. The lowest BCUT2D eigenvalue weighted by Gasteiger charge is -2.32. The first-order valence-corrected chi connectivity index (χ1v) is 7.33. The Kier molecular flexibility index (Phi) is 4.83. The highest BCUT2D eigenvalue weighted by molar-refractivity contribution is 4.90. The molecular formula is C14H29N3. The molecule has 1 saturated heterocycles. The third kappa shape index (κ3) is 3.43. The van der Waals surface area contributed by atoms with E-state index in [1.54, 1.807) is 0 Å². The van der Waals surface area contributed by atoms with Crippen molar-refractivity contribution in [3.05, 3.63) is 0 Å². The van der Waals surface area contributed by atoms with Gasteiger partial charge in [-0.2, -0.15) is 0 Å². The van der Waals surface area contributed by atoms with E-state index in [4.69, 9.17) is 0 Å². The predicted octanol–water partition coefficient (Wildman–Crippen LogP) is 1.40. The molecule has 2 rings (SSSR count). The Hall–Kier alpha value is -0.120. The lowest BCUT2D eigenvalue weighted by atomic mass is 10.1. The van der Waals surface area contributed by atoms with Gasteiger partial charge in [-0.25, -0.2) is 0 Å². The Labute approximate surface area is 107 Å². The molecule has 1 aliphatic heterocycles. The summed E-state index contributed by atoms with van der Waals surface area (Å²) in [6.07, 6.45) is 5.54. The van der Waals surface area contributed by atoms with Crippen LogP contribution in [0.2, 0.25) is 0 Å². The second-order valence-electron chi connectivity index (χ2n) is 6.02. The van der Waals surface area contributed by atoms with Crippen LogP contribution in [0.1, 0.15) is 32.6 Å². The first-order chi connectivity index (χ1) is 8.20. The van der Waals surface area contributed by atoms with Gasteiger partial charge in [0.05, 0.1) is 0 Å². The maximum Gasteiger partial charge on any atom is 0.0246 e. The van der Waals surface area contributed by atoms with Crippen LogP contribution in [0.25, 0.3) is 0 Å².